The molecule has 0 aliphatic heterocycles. The van der Waals surface area contributed by atoms with Crippen LogP contribution in [0.2, 0.25) is 5.02 Å². The van der Waals surface area contributed by atoms with Crippen molar-refractivity contribution in [1.29, 1.82) is 0 Å². The van der Waals surface area contributed by atoms with Crippen LogP contribution >= 0.6 is 34.2 Å². The molecule has 0 aliphatic rings. The van der Waals surface area contributed by atoms with Crippen LogP contribution in [0.4, 0.5) is 5.69 Å². The van der Waals surface area contributed by atoms with E-state index in [4.69, 9.17) is 11.6 Å². The highest BCUT2D eigenvalue weighted by molar-refractivity contribution is 14.1. The SMILES string of the molecule is O=C(N/N=C\c1ccc(Cl)c([N+](=O)[O-])c1)c1ccc(I)cc1. The van der Waals surface area contributed by atoms with Gasteiger partial charge in [0.2, 0.25) is 0 Å². The molecular formula is C14H9ClIN3O3. The third kappa shape index (κ3) is 4.25. The first-order valence-electron chi connectivity index (χ1n) is 6.00. The van der Waals surface area contributed by atoms with E-state index < -0.39 is 4.92 Å². The minimum Gasteiger partial charge on any atom is -0.267 e. The monoisotopic (exact) mass is 429 g/mol. The Balaban J connectivity index is 2.06. The molecule has 0 radical (unpaired) electrons. The van der Waals surface area contributed by atoms with Gasteiger partial charge in [-0.05, 0) is 52.9 Å². The summed E-state index contributed by atoms with van der Waals surface area (Å²) in [4.78, 5) is 22.0. The number of hydrazone groups is 1. The fourth-order valence-corrected chi connectivity index (χ4v) is 2.13. The van der Waals surface area contributed by atoms with Crippen molar-refractivity contribution in [2.45, 2.75) is 0 Å². The lowest BCUT2D eigenvalue weighted by atomic mass is 10.2. The van der Waals surface area contributed by atoms with Crippen LogP contribution in [-0.2, 0) is 0 Å². The molecule has 0 saturated heterocycles. The maximum absolute atomic E-state index is 11.8. The van der Waals surface area contributed by atoms with E-state index >= 15 is 0 Å². The quantitative estimate of drug-likeness (QED) is 0.349. The Hall–Kier alpha value is -2.00. The van der Waals surface area contributed by atoms with Gasteiger partial charge in [0.05, 0.1) is 11.1 Å². The van der Waals surface area contributed by atoms with E-state index in [2.05, 4.69) is 33.1 Å². The van der Waals surface area contributed by atoms with Crippen molar-refractivity contribution in [3.8, 4) is 0 Å². The van der Waals surface area contributed by atoms with Crippen molar-refractivity contribution >= 4 is 52.0 Å². The smallest absolute Gasteiger partial charge is 0.267 e. The van der Waals surface area contributed by atoms with Crippen LogP contribution in [0, 0.1) is 13.7 Å². The van der Waals surface area contributed by atoms with Gasteiger partial charge in [0.15, 0.2) is 0 Å². The van der Waals surface area contributed by atoms with Crippen LogP contribution in [-0.4, -0.2) is 17.0 Å². The minimum absolute atomic E-state index is 0.0464. The normalized spacial score (nSPS) is 10.6. The number of rotatable bonds is 4. The van der Waals surface area contributed by atoms with Gasteiger partial charge in [-0.15, -0.1) is 0 Å². The van der Waals surface area contributed by atoms with Gasteiger partial charge in [0, 0.05) is 20.8 Å². The third-order valence-electron chi connectivity index (χ3n) is 2.65. The molecule has 112 valence electrons. The first kappa shape index (κ1) is 16.4. The summed E-state index contributed by atoms with van der Waals surface area (Å²) >= 11 is 7.85. The van der Waals surface area contributed by atoms with E-state index in [9.17, 15) is 14.9 Å². The zero-order chi connectivity index (χ0) is 16.1. The summed E-state index contributed by atoms with van der Waals surface area (Å²) in [6.45, 7) is 0. The molecule has 2 aromatic carbocycles. The van der Waals surface area contributed by atoms with Crippen LogP contribution in [0.15, 0.2) is 47.6 Å². The van der Waals surface area contributed by atoms with Crippen LogP contribution in [0.5, 0.6) is 0 Å². The van der Waals surface area contributed by atoms with Crippen molar-refractivity contribution < 1.29 is 9.72 Å². The molecule has 0 heterocycles. The van der Waals surface area contributed by atoms with Crippen molar-refractivity contribution in [2.75, 3.05) is 0 Å². The lowest BCUT2D eigenvalue weighted by molar-refractivity contribution is -0.384. The zero-order valence-electron chi connectivity index (χ0n) is 11.0. The predicted octanol–water partition coefficient (Wildman–Crippen LogP) is 3.62. The Morgan fingerprint density at radius 2 is 1.95 bits per heavy atom. The third-order valence-corrected chi connectivity index (χ3v) is 3.69. The number of carbonyl (C=O) groups is 1. The zero-order valence-corrected chi connectivity index (χ0v) is 13.9. The maximum Gasteiger partial charge on any atom is 0.288 e. The molecule has 1 N–H and O–H groups in total. The number of nitrogens with one attached hydrogen (secondary N) is 1. The van der Waals surface area contributed by atoms with Crippen LogP contribution in [0.25, 0.3) is 0 Å². The first-order chi connectivity index (χ1) is 10.5. The van der Waals surface area contributed by atoms with E-state index in [1.54, 1.807) is 18.2 Å². The number of carbonyl (C=O) groups excluding carboxylic acids is 1. The van der Waals surface area contributed by atoms with Gasteiger partial charge in [-0.2, -0.15) is 5.10 Å². The van der Waals surface area contributed by atoms with Gasteiger partial charge in [-0.25, -0.2) is 5.43 Å². The summed E-state index contributed by atoms with van der Waals surface area (Å²) in [5, 5.41) is 14.6. The second-order valence-corrected chi connectivity index (χ2v) is 5.83. The molecule has 0 saturated carbocycles. The van der Waals surface area contributed by atoms with Gasteiger partial charge in [0.1, 0.15) is 5.02 Å². The molecule has 0 aliphatic carbocycles. The summed E-state index contributed by atoms with van der Waals surface area (Å²) < 4.78 is 1.02. The van der Waals surface area contributed by atoms with E-state index in [-0.39, 0.29) is 16.6 Å². The number of nitro benzene ring substituents is 1. The molecule has 0 bridgehead atoms. The molecule has 1 amide bonds. The molecule has 0 aromatic heterocycles. The minimum atomic E-state index is -0.580. The lowest BCUT2D eigenvalue weighted by Crippen LogP contribution is -2.17. The highest BCUT2D eigenvalue weighted by Gasteiger charge is 2.11. The summed E-state index contributed by atoms with van der Waals surface area (Å²) in [6, 6.07) is 11.2. The van der Waals surface area contributed by atoms with Gasteiger partial charge in [-0.1, -0.05) is 17.7 Å². The average Bonchev–Trinajstić information content (AvgIpc) is 2.49. The molecule has 2 rings (SSSR count). The highest BCUT2D eigenvalue weighted by atomic mass is 127. The Morgan fingerprint density at radius 3 is 2.59 bits per heavy atom. The van der Waals surface area contributed by atoms with Crippen LogP contribution < -0.4 is 5.43 Å². The molecule has 0 fully saturated rings. The standard InChI is InChI=1S/C14H9ClIN3O3/c15-12-6-1-9(7-13(12)19(21)22)8-17-18-14(20)10-2-4-11(16)5-3-10/h1-8H,(H,18,20)/b17-8-. The number of amides is 1. The van der Waals surface area contributed by atoms with Gasteiger partial charge >= 0.3 is 0 Å². The largest absolute Gasteiger partial charge is 0.288 e. The van der Waals surface area contributed by atoms with E-state index in [0.717, 1.165) is 3.57 Å². The Labute approximate surface area is 144 Å². The molecule has 22 heavy (non-hydrogen) atoms. The molecule has 0 spiro atoms. The fourth-order valence-electron chi connectivity index (χ4n) is 1.58. The first-order valence-corrected chi connectivity index (χ1v) is 7.46. The van der Waals surface area contributed by atoms with Gasteiger partial charge in [0.25, 0.3) is 11.6 Å². The van der Waals surface area contributed by atoms with Crippen molar-refractivity contribution in [3.63, 3.8) is 0 Å². The molecule has 8 heteroatoms. The molecule has 2 aromatic rings. The number of benzene rings is 2. The maximum atomic E-state index is 11.8. The summed E-state index contributed by atoms with van der Waals surface area (Å²) in [5.41, 5.74) is 3.07. The average molecular weight is 430 g/mol. The van der Waals surface area contributed by atoms with Crippen molar-refractivity contribution in [1.82, 2.24) is 5.43 Å². The predicted molar refractivity (Wildman–Crippen MR) is 92.3 cm³/mol. The second kappa shape index (κ2) is 7.32. The second-order valence-electron chi connectivity index (χ2n) is 4.17. The molecule has 0 unspecified atom stereocenters. The number of halogens is 2. The number of nitrogens with zero attached hydrogens (tertiary/aromatic N) is 2. The number of nitro groups is 1. The Morgan fingerprint density at radius 1 is 1.27 bits per heavy atom. The lowest BCUT2D eigenvalue weighted by Gasteiger charge is -2.00. The fraction of sp³-hybridized carbons (Fsp3) is 0. The molecule has 0 atom stereocenters. The summed E-state index contributed by atoms with van der Waals surface area (Å²) in [6.07, 6.45) is 1.31. The van der Waals surface area contributed by atoms with E-state index in [1.165, 1.54) is 18.3 Å². The Bertz CT molecular complexity index is 747. The number of hydrogen-bond donors (Lipinski definition) is 1. The summed E-state index contributed by atoms with van der Waals surface area (Å²) in [5.74, 6) is -0.365. The van der Waals surface area contributed by atoms with Crippen LogP contribution in [0.1, 0.15) is 15.9 Å². The van der Waals surface area contributed by atoms with Crippen LogP contribution in [0.3, 0.4) is 0 Å². The molecular weight excluding hydrogens is 421 g/mol. The van der Waals surface area contributed by atoms with E-state index in [0.29, 0.717) is 11.1 Å². The van der Waals surface area contributed by atoms with Gasteiger partial charge in [-0.3, -0.25) is 14.9 Å². The summed E-state index contributed by atoms with van der Waals surface area (Å²) in [7, 11) is 0. The molecule has 6 nitrogen and oxygen atoms in total. The topological polar surface area (TPSA) is 84.6 Å². The van der Waals surface area contributed by atoms with Crippen molar-refractivity contribution in [3.05, 3.63) is 72.3 Å². The van der Waals surface area contributed by atoms with E-state index in [1.807, 2.05) is 12.1 Å². The van der Waals surface area contributed by atoms with Gasteiger partial charge < -0.3 is 0 Å². The number of hydrogen-bond acceptors (Lipinski definition) is 4. The van der Waals surface area contributed by atoms with Crippen molar-refractivity contribution in [2.24, 2.45) is 5.10 Å². The highest BCUT2D eigenvalue weighted by Crippen LogP contribution is 2.24. The Kier molecular flexibility index (Phi) is 5.45.